The maximum atomic E-state index is 3.82. The van der Waals surface area contributed by atoms with Gasteiger partial charge in [0.05, 0.1) is 0 Å². The Hall–Kier alpha value is -0.0400. The molecule has 18 heavy (non-hydrogen) atoms. The number of rotatable bonds is 4. The maximum Gasteiger partial charge on any atom is 0.00671 e. The summed E-state index contributed by atoms with van der Waals surface area (Å²) in [5.41, 5.74) is 0. The fourth-order valence-electron chi connectivity index (χ4n) is 2.88. The van der Waals surface area contributed by atoms with Crippen molar-refractivity contribution in [3.05, 3.63) is 0 Å². The molecule has 1 aliphatic carbocycles. The lowest BCUT2D eigenvalue weighted by Gasteiger charge is -2.21. The first-order valence-electron chi connectivity index (χ1n) is 8.56. The Bertz CT molecular complexity index is 166. The van der Waals surface area contributed by atoms with Gasteiger partial charge in [0.2, 0.25) is 0 Å². The Kier molecular flexibility index (Phi) is 9.65. The van der Waals surface area contributed by atoms with Crippen LogP contribution in [0.15, 0.2) is 0 Å². The van der Waals surface area contributed by atoms with Gasteiger partial charge in [-0.2, -0.15) is 0 Å². The molecule has 1 unspecified atom stereocenters. The second kappa shape index (κ2) is 10.8. The van der Waals surface area contributed by atoms with Crippen molar-refractivity contribution in [1.29, 1.82) is 0 Å². The highest BCUT2D eigenvalue weighted by Gasteiger charge is 2.10. The normalized spacial score (nSPS) is 23.0. The van der Waals surface area contributed by atoms with Crippen molar-refractivity contribution in [2.24, 2.45) is 5.92 Å². The molecule has 0 radical (unpaired) electrons. The Balaban J connectivity index is 2.23. The monoisotopic (exact) mass is 253 g/mol. The molecule has 0 aromatic heterocycles. The lowest BCUT2D eigenvalue weighted by molar-refractivity contribution is 0.375. The maximum absolute atomic E-state index is 3.82. The summed E-state index contributed by atoms with van der Waals surface area (Å²) >= 11 is 0. The van der Waals surface area contributed by atoms with Gasteiger partial charge >= 0.3 is 0 Å². The van der Waals surface area contributed by atoms with Gasteiger partial charge in [-0.05, 0) is 25.3 Å². The van der Waals surface area contributed by atoms with Crippen LogP contribution in [-0.4, -0.2) is 12.6 Å². The molecule has 0 aliphatic heterocycles. The number of nitrogens with one attached hydrogen (secondary N) is 1. The molecule has 1 saturated carbocycles. The third-order valence-corrected chi connectivity index (χ3v) is 4.56. The Morgan fingerprint density at radius 3 is 1.72 bits per heavy atom. The van der Waals surface area contributed by atoms with E-state index < -0.39 is 0 Å². The van der Waals surface area contributed by atoms with Crippen LogP contribution >= 0.6 is 0 Å². The van der Waals surface area contributed by atoms with Crippen LogP contribution in [0.4, 0.5) is 0 Å². The summed E-state index contributed by atoms with van der Waals surface area (Å²) in [5, 5.41) is 3.82. The first-order chi connectivity index (χ1) is 8.83. The van der Waals surface area contributed by atoms with Crippen LogP contribution in [0.3, 0.4) is 0 Å². The van der Waals surface area contributed by atoms with E-state index in [1.165, 1.54) is 83.6 Å². The minimum Gasteiger partial charge on any atom is -0.314 e. The highest BCUT2D eigenvalue weighted by molar-refractivity contribution is 4.69. The standard InChI is InChI=1S/C17H35N/c1-3-16(2)15-18-17-13-11-9-7-5-4-6-8-10-12-14-17/h16-18H,3-15H2,1-2H3. The highest BCUT2D eigenvalue weighted by atomic mass is 14.9. The summed E-state index contributed by atoms with van der Waals surface area (Å²) in [5.74, 6) is 0.839. The van der Waals surface area contributed by atoms with E-state index in [0.29, 0.717) is 0 Å². The second-order valence-electron chi connectivity index (χ2n) is 6.38. The summed E-state index contributed by atoms with van der Waals surface area (Å²) in [6, 6.07) is 0.804. The van der Waals surface area contributed by atoms with Gasteiger partial charge in [0.15, 0.2) is 0 Å². The number of hydrogen-bond donors (Lipinski definition) is 1. The third kappa shape index (κ3) is 8.13. The van der Waals surface area contributed by atoms with Gasteiger partial charge in [-0.15, -0.1) is 0 Å². The van der Waals surface area contributed by atoms with E-state index in [4.69, 9.17) is 0 Å². The molecule has 108 valence electrons. The van der Waals surface area contributed by atoms with Crippen LogP contribution in [0.5, 0.6) is 0 Å². The van der Waals surface area contributed by atoms with Crippen LogP contribution in [-0.2, 0) is 0 Å². The summed E-state index contributed by atoms with van der Waals surface area (Å²) in [6.45, 7) is 5.89. The summed E-state index contributed by atoms with van der Waals surface area (Å²) in [6.07, 6.45) is 17.3. The first kappa shape index (κ1) is 16.0. The Morgan fingerprint density at radius 2 is 1.28 bits per heavy atom. The molecule has 0 spiro atoms. The summed E-state index contributed by atoms with van der Waals surface area (Å²) in [4.78, 5) is 0. The molecule has 1 nitrogen and oxygen atoms in total. The highest BCUT2D eigenvalue weighted by Crippen LogP contribution is 2.17. The van der Waals surface area contributed by atoms with Crippen LogP contribution in [0, 0.1) is 5.92 Å². The molecule has 1 atom stereocenters. The van der Waals surface area contributed by atoms with Crippen LogP contribution in [0.2, 0.25) is 0 Å². The Labute approximate surface area is 115 Å². The summed E-state index contributed by atoms with van der Waals surface area (Å²) < 4.78 is 0. The lowest BCUT2D eigenvalue weighted by atomic mass is 9.97. The third-order valence-electron chi connectivity index (χ3n) is 4.56. The summed E-state index contributed by atoms with van der Waals surface area (Å²) in [7, 11) is 0. The van der Waals surface area contributed by atoms with Gasteiger partial charge in [-0.25, -0.2) is 0 Å². The van der Waals surface area contributed by atoms with Gasteiger partial charge in [0.25, 0.3) is 0 Å². The Morgan fingerprint density at radius 1 is 0.833 bits per heavy atom. The zero-order valence-electron chi connectivity index (χ0n) is 12.8. The first-order valence-corrected chi connectivity index (χ1v) is 8.56. The van der Waals surface area contributed by atoms with Crippen LogP contribution in [0.1, 0.15) is 90.9 Å². The van der Waals surface area contributed by atoms with Gasteiger partial charge < -0.3 is 5.32 Å². The van der Waals surface area contributed by atoms with Gasteiger partial charge in [-0.3, -0.25) is 0 Å². The molecule has 0 aromatic carbocycles. The predicted octanol–water partition coefficient (Wildman–Crippen LogP) is 5.30. The minimum absolute atomic E-state index is 0.804. The molecule has 1 rings (SSSR count). The molecule has 1 heteroatoms. The average molecular weight is 253 g/mol. The topological polar surface area (TPSA) is 12.0 Å². The zero-order chi connectivity index (χ0) is 13.1. The molecule has 0 aromatic rings. The van der Waals surface area contributed by atoms with Gasteiger partial charge in [-0.1, -0.05) is 78.1 Å². The van der Waals surface area contributed by atoms with E-state index in [1.807, 2.05) is 0 Å². The van der Waals surface area contributed by atoms with Gasteiger partial charge in [0, 0.05) is 6.04 Å². The van der Waals surface area contributed by atoms with Crippen molar-refractivity contribution in [3.63, 3.8) is 0 Å². The quantitative estimate of drug-likeness (QED) is 0.717. The second-order valence-corrected chi connectivity index (χ2v) is 6.38. The SMILES string of the molecule is CCC(C)CNC1CCCCCCCCCCC1. The van der Waals surface area contributed by atoms with Gasteiger partial charge in [0.1, 0.15) is 0 Å². The molecular weight excluding hydrogens is 218 g/mol. The van der Waals surface area contributed by atoms with Crippen molar-refractivity contribution in [2.75, 3.05) is 6.54 Å². The van der Waals surface area contributed by atoms with Crippen molar-refractivity contribution in [3.8, 4) is 0 Å². The fraction of sp³-hybridized carbons (Fsp3) is 1.00. The number of hydrogen-bond acceptors (Lipinski definition) is 1. The van der Waals surface area contributed by atoms with Crippen molar-refractivity contribution >= 4 is 0 Å². The van der Waals surface area contributed by atoms with E-state index in [1.54, 1.807) is 0 Å². The molecule has 0 saturated heterocycles. The average Bonchev–Trinajstić information content (AvgIpc) is 2.37. The largest absolute Gasteiger partial charge is 0.314 e. The van der Waals surface area contributed by atoms with Crippen LogP contribution < -0.4 is 5.32 Å². The predicted molar refractivity (Wildman–Crippen MR) is 82.0 cm³/mol. The van der Waals surface area contributed by atoms with E-state index in [-0.39, 0.29) is 0 Å². The van der Waals surface area contributed by atoms with E-state index in [0.717, 1.165) is 12.0 Å². The van der Waals surface area contributed by atoms with E-state index >= 15 is 0 Å². The zero-order valence-corrected chi connectivity index (χ0v) is 12.8. The van der Waals surface area contributed by atoms with Crippen molar-refractivity contribution in [1.82, 2.24) is 5.32 Å². The molecule has 0 amide bonds. The molecule has 1 N–H and O–H groups in total. The molecule has 0 heterocycles. The molecular formula is C17H35N. The van der Waals surface area contributed by atoms with Crippen molar-refractivity contribution in [2.45, 2.75) is 96.9 Å². The van der Waals surface area contributed by atoms with Crippen LogP contribution in [0.25, 0.3) is 0 Å². The molecule has 1 aliphatic rings. The smallest absolute Gasteiger partial charge is 0.00671 e. The molecule has 1 fully saturated rings. The van der Waals surface area contributed by atoms with E-state index in [2.05, 4.69) is 19.2 Å². The minimum atomic E-state index is 0.804. The lowest BCUT2D eigenvalue weighted by Crippen LogP contribution is -2.32. The fourth-order valence-corrected chi connectivity index (χ4v) is 2.88. The molecule has 0 bridgehead atoms. The van der Waals surface area contributed by atoms with Crippen molar-refractivity contribution < 1.29 is 0 Å². The van der Waals surface area contributed by atoms with E-state index in [9.17, 15) is 0 Å².